The number of rotatable bonds is 5. The van der Waals surface area contributed by atoms with E-state index in [0.717, 1.165) is 34.6 Å². The van der Waals surface area contributed by atoms with Gasteiger partial charge in [0, 0.05) is 5.02 Å². The van der Waals surface area contributed by atoms with Gasteiger partial charge in [0.2, 0.25) is 5.91 Å². The van der Waals surface area contributed by atoms with Crippen molar-refractivity contribution in [2.24, 2.45) is 0 Å². The molecule has 4 rings (SSSR count). The maximum absolute atomic E-state index is 14.0. The molecule has 0 fully saturated rings. The highest BCUT2D eigenvalue weighted by molar-refractivity contribution is 7.99. The number of hydrogen-bond acceptors (Lipinski definition) is 5. The van der Waals surface area contributed by atoms with Crippen LogP contribution >= 0.6 is 34.7 Å². The van der Waals surface area contributed by atoms with E-state index in [4.69, 9.17) is 11.6 Å². The van der Waals surface area contributed by atoms with Crippen molar-refractivity contribution in [3.63, 3.8) is 0 Å². The number of anilines is 1. The Morgan fingerprint density at radius 2 is 2.06 bits per heavy atom. The van der Waals surface area contributed by atoms with Gasteiger partial charge in [-0.1, -0.05) is 35.5 Å². The fraction of sp³-hybridized carbons (Fsp3) is 0.136. The topological polar surface area (TPSA) is 64.0 Å². The molecule has 0 saturated heterocycles. The van der Waals surface area contributed by atoms with E-state index in [0.29, 0.717) is 15.4 Å². The second kappa shape index (κ2) is 8.82. The van der Waals surface area contributed by atoms with Crippen molar-refractivity contribution in [2.75, 3.05) is 11.1 Å². The number of carbonyl (C=O) groups excluding carboxylic acids is 1. The van der Waals surface area contributed by atoms with E-state index >= 15 is 0 Å². The third kappa shape index (κ3) is 4.37. The minimum absolute atomic E-state index is 0.0446. The number of amides is 1. The van der Waals surface area contributed by atoms with Crippen molar-refractivity contribution >= 4 is 56.5 Å². The first-order chi connectivity index (χ1) is 14.8. The SMILES string of the molecule is Cc1cccc(-n2c(SCC(=O)Nc3ccc(Cl)cc3F)nc3ccsc3c2=O)c1C. The molecule has 0 aliphatic carbocycles. The summed E-state index contributed by atoms with van der Waals surface area (Å²) in [6.07, 6.45) is 0. The summed E-state index contributed by atoms with van der Waals surface area (Å²) < 4.78 is 16.1. The lowest BCUT2D eigenvalue weighted by Gasteiger charge is -2.15. The van der Waals surface area contributed by atoms with Crippen molar-refractivity contribution in [3.8, 4) is 5.69 Å². The summed E-state index contributed by atoms with van der Waals surface area (Å²) in [6.45, 7) is 3.92. The number of aromatic nitrogens is 2. The lowest BCUT2D eigenvalue weighted by molar-refractivity contribution is -0.113. The van der Waals surface area contributed by atoms with Gasteiger partial charge in [0.1, 0.15) is 10.5 Å². The first-order valence-corrected chi connectivity index (χ1v) is 11.5. The molecule has 158 valence electrons. The smallest absolute Gasteiger partial charge is 0.276 e. The van der Waals surface area contributed by atoms with Crippen LogP contribution in [0.3, 0.4) is 0 Å². The highest BCUT2D eigenvalue weighted by atomic mass is 35.5. The molecule has 0 unspecified atom stereocenters. The Kier molecular flexibility index (Phi) is 6.13. The van der Waals surface area contributed by atoms with E-state index < -0.39 is 11.7 Å². The van der Waals surface area contributed by atoms with Gasteiger partial charge in [0.15, 0.2) is 5.16 Å². The molecule has 1 amide bonds. The highest BCUT2D eigenvalue weighted by Gasteiger charge is 2.18. The van der Waals surface area contributed by atoms with E-state index in [9.17, 15) is 14.0 Å². The summed E-state index contributed by atoms with van der Waals surface area (Å²) in [5, 5.41) is 4.99. The van der Waals surface area contributed by atoms with Crippen molar-refractivity contribution < 1.29 is 9.18 Å². The number of benzene rings is 2. The third-order valence-electron chi connectivity index (χ3n) is 4.80. The lowest BCUT2D eigenvalue weighted by atomic mass is 10.1. The molecule has 5 nitrogen and oxygen atoms in total. The van der Waals surface area contributed by atoms with Gasteiger partial charge >= 0.3 is 0 Å². The molecule has 0 saturated carbocycles. The molecule has 2 heterocycles. The number of thioether (sulfide) groups is 1. The minimum Gasteiger partial charge on any atom is -0.323 e. The molecule has 0 bridgehead atoms. The molecule has 2 aromatic carbocycles. The number of carbonyl (C=O) groups is 1. The summed E-state index contributed by atoms with van der Waals surface area (Å²) in [5.74, 6) is -1.08. The van der Waals surface area contributed by atoms with Crippen LogP contribution in [0.15, 0.2) is 57.8 Å². The summed E-state index contributed by atoms with van der Waals surface area (Å²) in [5.41, 5.74) is 3.17. The van der Waals surface area contributed by atoms with E-state index in [1.54, 1.807) is 10.6 Å². The summed E-state index contributed by atoms with van der Waals surface area (Å²) in [4.78, 5) is 30.3. The fourth-order valence-corrected chi connectivity index (χ4v) is 4.81. The molecule has 9 heteroatoms. The molecule has 0 spiro atoms. The molecular weight excluding hydrogens is 457 g/mol. The quantitative estimate of drug-likeness (QED) is 0.303. The average Bonchev–Trinajstić information content (AvgIpc) is 3.20. The molecule has 0 radical (unpaired) electrons. The highest BCUT2D eigenvalue weighted by Crippen LogP contribution is 2.26. The van der Waals surface area contributed by atoms with Crippen molar-refractivity contribution in [1.29, 1.82) is 0 Å². The number of fused-ring (bicyclic) bond motifs is 1. The lowest BCUT2D eigenvalue weighted by Crippen LogP contribution is -2.23. The minimum atomic E-state index is -0.615. The van der Waals surface area contributed by atoms with Gasteiger partial charge in [-0.3, -0.25) is 14.2 Å². The van der Waals surface area contributed by atoms with Gasteiger partial charge in [-0.25, -0.2) is 9.37 Å². The zero-order valence-corrected chi connectivity index (χ0v) is 19.0. The van der Waals surface area contributed by atoms with Crippen LogP contribution in [-0.2, 0) is 4.79 Å². The van der Waals surface area contributed by atoms with Crippen LogP contribution in [0.2, 0.25) is 5.02 Å². The zero-order valence-electron chi connectivity index (χ0n) is 16.6. The van der Waals surface area contributed by atoms with Crippen molar-refractivity contribution in [1.82, 2.24) is 9.55 Å². The van der Waals surface area contributed by atoms with Crippen LogP contribution in [-0.4, -0.2) is 21.2 Å². The van der Waals surface area contributed by atoms with Crippen molar-refractivity contribution in [3.05, 3.63) is 80.2 Å². The van der Waals surface area contributed by atoms with Gasteiger partial charge in [0.25, 0.3) is 5.56 Å². The van der Waals surface area contributed by atoms with E-state index in [-0.39, 0.29) is 22.0 Å². The van der Waals surface area contributed by atoms with Crippen LogP contribution in [0.4, 0.5) is 10.1 Å². The number of aryl methyl sites for hydroxylation is 1. The maximum Gasteiger partial charge on any atom is 0.276 e. The standard InChI is InChI=1S/C22H17ClFN3O2S2/c1-12-4-3-5-18(13(12)2)27-21(29)20-17(8-9-30-20)26-22(27)31-11-19(28)25-16-7-6-14(23)10-15(16)24/h3-10H,11H2,1-2H3,(H,25,28). The molecule has 0 aliphatic rings. The molecule has 0 atom stereocenters. The second-order valence-corrected chi connectivity index (χ2v) is 9.15. The predicted molar refractivity (Wildman–Crippen MR) is 125 cm³/mol. The molecule has 0 aliphatic heterocycles. The second-order valence-electron chi connectivity index (χ2n) is 6.85. The number of halogens is 2. The van der Waals surface area contributed by atoms with Crippen LogP contribution < -0.4 is 10.9 Å². The first kappa shape index (κ1) is 21.5. The van der Waals surface area contributed by atoms with Gasteiger partial charge in [-0.05, 0) is 60.7 Å². The summed E-state index contributed by atoms with van der Waals surface area (Å²) in [6, 6.07) is 11.5. The number of thiophene rings is 1. The fourth-order valence-electron chi connectivity index (χ4n) is 3.09. The Hall–Kier alpha value is -2.68. The van der Waals surface area contributed by atoms with Crippen LogP contribution in [0.5, 0.6) is 0 Å². The largest absolute Gasteiger partial charge is 0.323 e. The summed E-state index contributed by atoms with van der Waals surface area (Å²) in [7, 11) is 0. The van der Waals surface area contributed by atoms with Gasteiger partial charge < -0.3 is 5.32 Å². The molecular formula is C22H17ClFN3O2S2. The molecule has 4 aromatic rings. The van der Waals surface area contributed by atoms with Crippen LogP contribution in [0.25, 0.3) is 15.9 Å². The monoisotopic (exact) mass is 473 g/mol. The van der Waals surface area contributed by atoms with Gasteiger partial charge in [0.05, 0.1) is 22.6 Å². The normalized spacial score (nSPS) is 11.1. The molecule has 31 heavy (non-hydrogen) atoms. The Labute approximate surface area is 190 Å². The molecule has 2 aromatic heterocycles. The summed E-state index contributed by atoms with van der Waals surface area (Å²) >= 11 is 8.21. The maximum atomic E-state index is 14.0. The van der Waals surface area contributed by atoms with Crippen LogP contribution in [0, 0.1) is 19.7 Å². The number of nitrogens with zero attached hydrogens (tertiary/aromatic N) is 2. The zero-order chi connectivity index (χ0) is 22.1. The Morgan fingerprint density at radius 3 is 2.84 bits per heavy atom. The number of hydrogen-bond donors (Lipinski definition) is 1. The van der Waals surface area contributed by atoms with Gasteiger partial charge in [-0.15, -0.1) is 11.3 Å². The first-order valence-electron chi connectivity index (χ1n) is 9.29. The molecule has 1 N–H and O–H groups in total. The Balaban J connectivity index is 1.68. The van der Waals surface area contributed by atoms with Crippen LogP contribution in [0.1, 0.15) is 11.1 Å². The third-order valence-corrected chi connectivity index (χ3v) is 6.87. The Bertz CT molecular complexity index is 1370. The number of nitrogens with one attached hydrogen (secondary N) is 1. The van der Waals surface area contributed by atoms with Crippen molar-refractivity contribution in [2.45, 2.75) is 19.0 Å². The van der Waals surface area contributed by atoms with E-state index in [2.05, 4.69) is 10.3 Å². The average molecular weight is 474 g/mol. The van der Waals surface area contributed by atoms with Gasteiger partial charge in [-0.2, -0.15) is 0 Å². The predicted octanol–water partition coefficient (Wildman–Crippen LogP) is 5.59. The Morgan fingerprint density at radius 1 is 1.26 bits per heavy atom. The van der Waals surface area contributed by atoms with E-state index in [1.165, 1.54) is 23.5 Å². The van der Waals surface area contributed by atoms with E-state index in [1.807, 2.05) is 37.4 Å².